The van der Waals surface area contributed by atoms with Gasteiger partial charge in [0.05, 0.1) is 16.6 Å². The molecule has 0 aromatic heterocycles. The molecule has 0 bridgehead atoms. The quantitative estimate of drug-likeness (QED) is 0.471. The normalized spacial score (nSPS) is 18.5. The molecule has 0 spiro atoms. The van der Waals surface area contributed by atoms with Gasteiger partial charge >= 0.3 is 0 Å². The van der Waals surface area contributed by atoms with Crippen LogP contribution in [0.1, 0.15) is 53.3 Å². The lowest BCUT2D eigenvalue weighted by molar-refractivity contribution is -0.384. The molecule has 2 N–H and O–H groups in total. The number of rotatable bonds is 7. The maximum atomic E-state index is 13.2. The molecule has 180 valence electrons. The predicted molar refractivity (Wildman–Crippen MR) is 129 cm³/mol. The molecule has 1 unspecified atom stereocenters. The molecule has 1 atom stereocenters. The van der Waals surface area contributed by atoms with E-state index in [1.54, 1.807) is 12.1 Å². The Morgan fingerprint density at radius 3 is 2.47 bits per heavy atom. The number of nitrogens with one attached hydrogen (secondary N) is 2. The van der Waals surface area contributed by atoms with Crippen molar-refractivity contribution >= 4 is 28.9 Å². The summed E-state index contributed by atoms with van der Waals surface area (Å²) in [6.07, 6.45) is 4.10. The number of non-ortho nitro benzene ring substituents is 1. The van der Waals surface area contributed by atoms with Gasteiger partial charge in [-0.25, -0.2) is 0 Å². The lowest BCUT2D eigenvalue weighted by Gasteiger charge is -2.33. The molecule has 0 saturated carbocycles. The second-order valence-electron chi connectivity index (χ2n) is 9.00. The number of carbonyl (C=O) groups excluding carboxylic acids is 2. The number of nitrogens with zero attached hydrogens (tertiary/aromatic N) is 2. The first-order chi connectivity index (χ1) is 16.4. The van der Waals surface area contributed by atoms with E-state index in [9.17, 15) is 19.7 Å². The van der Waals surface area contributed by atoms with Gasteiger partial charge in [-0.3, -0.25) is 19.7 Å². The number of amides is 2. The number of nitro benzene ring substituents is 1. The van der Waals surface area contributed by atoms with Crippen LogP contribution in [-0.2, 0) is 4.74 Å². The minimum atomic E-state index is -0.511. The molecule has 9 nitrogen and oxygen atoms in total. The van der Waals surface area contributed by atoms with Gasteiger partial charge < -0.3 is 20.3 Å². The summed E-state index contributed by atoms with van der Waals surface area (Å²) in [7, 11) is 0. The standard InChI is InChI=1S/C25H30N4O5/c1-17-10-12-28(13-11-17)23-9-6-19(15-22(23)25(31)26-16-21-3-2-14-34-21)27-24(30)18-4-7-20(8-5-18)29(32)33/h4-9,15,17,21H,2-3,10-14,16H2,1H3,(H,26,31)(H,27,30). The predicted octanol–water partition coefficient (Wildman–Crippen LogP) is 3.99. The number of carbonyl (C=O) groups is 2. The summed E-state index contributed by atoms with van der Waals surface area (Å²) in [6.45, 7) is 5.17. The molecule has 2 saturated heterocycles. The molecule has 2 aromatic carbocycles. The zero-order valence-corrected chi connectivity index (χ0v) is 19.3. The zero-order chi connectivity index (χ0) is 24.1. The lowest BCUT2D eigenvalue weighted by Crippen LogP contribution is -2.36. The van der Waals surface area contributed by atoms with E-state index in [-0.39, 0.29) is 17.7 Å². The number of hydrogen-bond donors (Lipinski definition) is 2. The highest BCUT2D eigenvalue weighted by atomic mass is 16.6. The monoisotopic (exact) mass is 466 g/mol. The topological polar surface area (TPSA) is 114 Å². The lowest BCUT2D eigenvalue weighted by atomic mass is 9.97. The van der Waals surface area contributed by atoms with Crippen LogP contribution in [0.3, 0.4) is 0 Å². The summed E-state index contributed by atoms with van der Waals surface area (Å²) in [5.41, 5.74) is 2.06. The minimum Gasteiger partial charge on any atom is -0.376 e. The van der Waals surface area contributed by atoms with Gasteiger partial charge in [0.25, 0.3) is 17.5 Å². The summed E-state index contributed by atoms with van der Waals surface area (Å²) < 4.78 is 5.62. The smallest absolute Gasteiger partial charge is 0.269 e. The van der Waals surface area contributed by atoms with Crippen LogP contribution in [0.25, 0.3) is 0 Å². The number of piperidine rings is 1. The number of benzene rings is 2. The van der Waals surface area contributed by atoms with Crippen LogP contribution in [0.2, 0.25) is 0 Å². The van der Waals surface area contributed by atoms with Crippen molar-refractivity contribution in [3.8, 4) is 0 Å². The molecular weight excluding hydrogens is 436 g/mol. The van der Waals surface area contributed by atoms with Crippen molar-refractivity contribution in [3.05, 3.63) is 63.7 Å². The van der Waals surface area contributed by atoms with Gasteiger partial charge in [0.2, 0.25) is 0 Å². The average molecular weight is 467 g/mol. The van der Waals surface area contributed by atoms with Crippen molar-refractivity contribution in [1.29, 1.82) is 0 Å². The summed E-state index contributed by atoms with van der Waals surface area (Å²) in [5.74, 6) is 0.0593. The Balaban J connectivity index is 1.53. The van der Waals surface area contributed by atoms with Crippen molar-refractivity contribution in [1.82, 2.24) is 5.32 Å². The second-order valence-corrected chi connectivity index (χ2v) is 9.00. The van der Waals surface area contributed by atoms with Crippen LogP contribution in [-0.4, -0.2) is 49.1 Å². The Morgan fingerprint density at radius 1 is 1.09 bits per heavy atom. The highest BCUT2D eigenvalue weighted by molar-refractivity contribution is 6.06. The third-order valence-electron chi connectivity index (χ3n) is 6.48. The molecule has 2 heterocycles. The Bertz CT molecular complexity index is 1040. The fraction of sp³-hybridized carbons (Fsp3) is 0.440. The average Bonchev–Trinajstić information content (AvgIpc) is 3.37. The maximum absolute atomic E-state index is 13.2. The van der Waals surface area contributed by atoms with E-state index < -0.39 is 10.8 Å². The second kappa shape index (κ2) is 10.6. The van der Waals surface area contributed by atoms with Gasteiger partial charge in [0.15, 0.2) is 0 Å². The molecule has 4 rings (SSSR count). The third kappa shape index (κ3) is 5.72. The van der Waals surface area contributed by atoms with Crippen molar-refractivity contribution < 1.29 is 19.2 Å². The molecule has 9 heteroatoms. The first kappa shape index (κ1) is 23.7. The summed E-state index contributed by atoms with van der Waals surface area (Å²) >= 11 is 0. The molecule has 34 heavy (non-hydrogen) atoms. The Hall–Kier alpha value is -3.46. The molecule has 0 aliphatic carbocycles. The van der Waals surface area contributed by atoms with Crippen molar-refractivity contribution in [2.45, 2.75) is 38.7 Å². The number of anilines is 2. The molecule has 0 radical (unpaired) electrons. The number of nitro groups is 1. The fourth-order valence-corrected chi connectivity index (χ4v) is 4.37. The molecule has 2 fully saturated rings. The molecule has 2 amide bonds. The minimum absolute atomic E-state index is 0.0354. The van der Waals surface area contributed by atoms with E-state index >= 15 is 0 Å². The van der Waals surface area contributed by atoms with Gasteiger partial charge in [0, 0.05) is 55.3 Å². The van der Waals surface area contributed by atoms with Crippen molar-refractivity contribution in [3.63, 3.8) is 0 Å². The van der Waals surface area contributed by atoms with Gasteiger partial charge in [0.1, 0.15) is 0 Å². The number of ether oxygens (including phenoxy) is 1. The van der Waals surface area contributed by atoms with Crippen LogP contribution < -0.4 is 15.5 Å². The maximum Gasteiger partial charge on any atom is 0.269 e. The third-order valence-corrected chi connectivity index (χ3v) is 6.48. The SMILES string of the molecule is CC1CCN(c2ccc(NC(=O)c3ccc([N+](=O)[O-])cc3)cc2C(=O)NCC2CCCO2)CC1. The molecule has 2 aliphatic rings. The van der Waals surface area contributed by atoms with E-state index in [0.717, 1.165) is 51.1 Å². The summed E-state index contributed by atoms with van der Waals surface area (Å²) in [4.78, 5) is 38.4. The largest absolute Gasteiger partial charge is 0.376 e. The highest BCUT2D eigenvalue weighted by Crippen LogP contribution is 2.29. The van der Waals surface area contributed by atoms with Crippen molar-refractivity contribution in [2.24, 2.45) is 5.92 Å². The Labute approximate surface area is 198 Å². The van der Waals surface area contributed by atoms with E-state index in [1.165, 1.54) is 24.3 Å². The first-order valence-electron chi connectivity index (χ1n) is 11.8. The van der Waals surface area contributed by atoms with E-state index in [1.807, 2.05) is 6.07 Å². The summed E-state index contributed by atoms with van der Waals surface area (Å²) in [6, 6.07) is 10.8. The highest BCUT2D eigenvalue weighted by Gasteiger charge is 2.23. The Kier molecular flexibility index (Phi) is 7.42. The molecule has 2 aromatic rings. The van der Waals surface area contributed by atoms with E-state index in [2.05, 4.69) is 22.5 Å². The van der Waals surface area contributed by atoms with Crippen LogP contribution in [0, 0.1) is 16.0 Å². The van der Waals surface area contributed by atoms with Crippen LogP contribution in [0.5, 0.6) is 0 Å². The molecule has 2 aliphatic heterocycles. The van der Waals surface area contributed by atoms with Gasteiger partial charge in [-0.15, -0.1) is 0 Å². The first-order valence-corrected chi connectivity index (χ1v) is 11.8. The van der Waals surface area contributed by atoms with Gasteiger partial charge in [-0.2, -0.15) is 0 Å². The zero-order valence-electron chi connectivity index (χ0n) is 19.3. The van der Waals surface area contributed by atoms with Gasteiger partial charge in [-0.05, 0) is 61.9 Å². The van der Waals surface area contributed by atoms with E-state index in [4.69, 9.17) is 4.74 Å². The van der Waals surface area contributed by atoms with E-state index in [0.29, 0.717) is 29.3 Å². The van der Waals surface area contributed by atoms with Crippen molar-refractivity contribution in [2.75, 3.05) is 36.5 Å². The molecular formula is C25H30N4O5. The van der Waals surface area contributed by atoms with Crippen LogP contribution in [0.4, 0.5) is 17.1 Å². The summed E-state index contributed by atoms with van der Waals surface area (Å²) in [5, 5.41) is 16.6. The van der Waals surface area contributed by atoms with Crippen LogP contribution in [0.15, 0.2) is 42.5 Å². The number of hydrogen-bond acceptors (Lipinski definition) is 6. The van der Waals surface area contributed by atoms with Gasteiger partial charge in [-0.1, -0.05) is 6.92 Å². The Morgan fingerprint density at radius 2 is 1.82 bits per heavy atom. The van der Waals surface area contributed by atoms with Crippen LogP contribution >= 0.6 is 0 Å². The fourth-order valence-electron chi connectivity index (χ4n) is 4.37.